The van der Waals surface area contributed by atoms with Gasteiger partial charge in [0, 0.05) is 12.8 Å². The van der Waals surface area contributed by atoms with E-state index >= 15 is 0 Å². The summed E-state index contributed by atoms with van der Waals surface area (Å²) in [6.07, 6.45) is 59.8. The third-order valence-electron chi connectivity index (χ3n) is 15.5. The highest BCUT2D eigenvalue weighted by Crippen LogP contribution is 2.23. The molecule has 11 heteroatoms. The number of hydrogen-bond acceptors (Lipinski definition) is 10. The van der Waals surface area contributed by atoms with Gasteiger partial charge >= 0.3 is 5.97 Å². The Morgan fingerprint density at radius 1 is 0.481 bits per heavy atom. The number of nitrogens with one attached hydrogen (secondary N) is 1. The highest BCUT2D eigenvalue weighted by atomic mass is 16.7. The van der Waals surface area contributed by atoms with Gasteiger partial charge < -0.3 is 45.1 Å². The Balaban J connectivity index is 1.94. The molecule has 1 fully saturated rings. The number of rotatable bonds is 57. The molecule has 1 saturated heterocycles. The third-order valence-corrected chi connectivity index (χ3v) is 15.5. The maximum Gasteiger partial charge on any atom is 0.305 e. The van der Waals surface area contributed by atoms with E-state index in [2.05, 4.69) is 43.5 Å². The van der Waals surface area contributed by atoms with E-state index in [-0.39, 0.29) is 18.5 Å². The highest BCUT2D eigenvalue weighted by Gasteiger charge is 2.44. The Kier molecular flexibility index (Phi) is 52.8. The lowest BCUT2D eigenvalue weighted by Gasteiger charge is -2.40. The second kappa shape index (κ2) is 55.8. The van der Waals surface area contributed by atoms with Crippen molar-refractivity contribution in [3.05, 3.63) is 36.5 Å². The van der Waals surface area contributed by atoms with E-state index in [9.17, 15) is 35.1 Å². The Hall–Kier alpha value is -2.12. The minimum atomic E-state index is -1.57. The van der Waals surface area contributed by atoms with Gasteiger partial charge in [0.1, 0.15) is 24.4 Å². The number of aliphatic hydroxyl groups is 5. The van der Waals surface area contributed by atoms with Crippen LogP contribution in [0.1, 0.15) is 309 Å². The van der Waals surface area contributed by atoms with Gasteiger partial charge in [0.2, 0.25) is 5.91 Å². The first-order chi connectivity index (χ1) is 37.7. The Bertz CT molecular complexity index is 1370. The lowest BCUT2D eigenvalue weighted by molar-refractivity contribution is -0.302. The second-order valence-electron chi connectivity index (χ2n) is 22.8. The summed E-state index contributed by atoms with van der Waals surface area (Å²) >= 11 is 0. The summed E-state index contributed by atoms with van der Waals surface area (Å²) in [6, 6.07) is -0.807. The van der Waals surface area contributed by atoms with Gasteiger partial charge in [0.15, 0.2) is 6.29 Å². The molecule has 0 bridgehead atoms. The Morgan fingerprint density at radius 3 is 1.34 bits per heavy atom. The van der Waals surface area contributed by atoms with Crippen molar-refractivity contribution in [3.63, 3.8) is 0 Å². The van der Waals surface area contributed by atoms with Gasteiger partial charge in [-0.2, -0.15) is 0 Å². The summed E-state index contributed by atoms with van der Waals surface area (Å²) in [5, 5.41) is 54.3. The molecular weight excluding hydrogens is 967 g/mol. The van der Waals surface area contributed by atoms with Crippen molar-refractivity contribution >= 4 is 11.9 Å². The fourth-order valence-electron chi connectivity index (χ4n) is 10.3. The molecule has 0 aromatic carbocycles. The smallest absolute Gasteiger partial charge is 0.305 e. The highest BCUT2D eigenvalue weighted by molar-refractivity contribution is 5.76. The van der Waals surface area contributed by atoms with Gasteiger partial charge in [-0.25, -0.2) is 0 Å². The molecule has 0 spiro atoms. The van der Waals surface area contributed by atoms with Crippen molar-refractivity contribution in [3.8, 4) is 0 Å². The van der Waals surface area contributed by atoms with Crippen LogP contribution in [0.5, 0.6) is 0 Å². The van der Waals surface area contributed by atoms with Crippen LogP contribution in [0.4, 0.5) is 0 Å². The van der Waals surface area contributed by atoms with Crippen LogP contribution in [0.15, 0.2) is 36.5 Å². The molecule has 6 N–H and O–H groups in total. The lowest BCUT2D eigenvalue weighted by Crippen LogP contribution is -2.60. The van der Waals surface area contributed by atoms with Gasteiger partial charge in [0.05, 0.1) is 32.0 Å². The number of allylic oxidation sites excluding steroid dienone is 5. The van der Waals surface area contributed by atoms with Gasteiger partial charge in [-0.1, -0.05) is 269 Å². The van der Waals surface area contributed by atoms with E-state index in [0.717, 1.165) is 64.2 Å². The van der Waals surface area contributed by atoms with Crippen molar-refractivity contribution in [1.82, 2.24) is 5.32 Å². The standard InChI is InChI=1S/C66H123NO10/c1-3-5-7-9-11-13-14-15-27-31-34-38-42-46-50-54-62(71)75-55-51-47-43-39-35-32-29-26-24-22-20-18-16-17-19-21-23-25-28-30-33-37-41-45-49-53-61(70)67-58(59(69)52-48-44-40-36-12-10-8-6-4-2)57-76-66-65(74)64(73)63(72)60(56-68)77-66/h11,13,15,27,48,52,58-60,63-66,68-69,72-74H,3-10,12,14,16-26,28-47,49-51,53-57H2,1-2H3,(H,67,70)/b13-11-,27-15-,52-48+. The zero-order valence-electron chi connectivity index (χ0n) is 49.9. The summed E-state index contributed by atoms with van der Waals surface area (Å²) < 4.78 is 16.7. The van der Waals surface area contributed by atoms with Crippen LogP contribution < -0.4 is 5.32 Å². The molecule has 0 radical (unpaired) electrons. The maximum absolute atomic E-state index is 13.0. The average molecular weight is 1090 g/mol. The lowest BCUT2D eigenvalue weighted by atomic mass is 9.99. The largest absolute Gasteiger partial charge is 0.466 e. The van der Waals surface area contributed by atoms with Crippen LogP contribution >= 0.6 is 0 Å². The first-order valence-electron chi connectivity index (χ1n) is 32.8. The minimum Gasteiger partial charge on any atom is -0.466 e. The summed E-state index contributed by atoms with van der Waals surface area (Å²) in [7, 11) is 0. The molecule has 0 saturated carbocycles. The number of amides is 1. The molecule has 1 aliphatic rings. The van der Waals surface area contributed by atoms with Crippen LogP contribution in [-0.2, 0) is 23.8 Å². The average Bonchev–Trinajstić information content (AvgIpc) is 3.43. The van der Waals surface area contributed by atoms with Gasteiger partial charge in [0.25, 0.3) is 0 Å². The maximum atomic E-state index is 13.0. The predicted octanol–water partition coefficient (Wildman–Crippen LogP) is 15.8. The van der Waals surface area contributed by atoms with E-state index in [1.54, 1.807) is 6.08 Å². The fraction of sp³-hybridized carbons (Fsp3) is 0.879. The Morgan fingerprint density at radius 2 is 0.870 bits per heavy atom. The van der Waals surface area contributed by atoms with Gasteiger partial charge in [-0.3, -0.25) is 9.59 Å². The number of carbonyl (C=O) groups excluding carboxylic acids is 2. The summed E-state index contributed by atoms with van der Waals surface area (Å²) in [5.41, 5.74) is 0. The van der Waals surface area contributed by atoms with E-state index < -0.39 is 49.5 Å². The normalized spacial score (nSPS) is 18.8. The molecule has 452 valence electrons. The molecule has 11 nitrogen and oxygen atoms in total. The second-order valence-corrected chi connectivity index (χ2v) is 22.8. The molecule has 1 rings (SSSR count). The van der Waals surface area contributed by atoms with E-state index in [4.69, 9.17) is 14.2 Å². The fourth-order valence-corrected chi connectivity index (χ4v) is 10.3. The van der Waals surface area contributed by atoms with Crippen LogP contribution in [-0.4, -0.2) is 100 Å². The summed E-state index contributed by atoms with van der Waals surface area (Å²) in [4.78, 5) is 25.1. The molecule has 7 unspecified atom stereocenters. The van der Waals surface area contributed by atoms with Crippen molar-refractivity contribution in [1.29, 1.82) is 0 Å². The molecule has 1 amide bonds. The van der Waals surface area contributed by atoms with Crippen LogP contribution in [0, 0.1) is 0 Å². The first-order valence-corrected chi connectivity index (χ1v) is 32.8. The molecule has 0 aliphatic carbocycles. The van der Waals surface area contributed by atoms with Crippen LogP contribution in [0.25, 0.3) is 0 Å². The van der Waals surface area contributed by atoms with E-state index in [1.807, 2.05) is 6.08 Å². The molecule has 0 aromatic heterocycles. The Labute approximate surface area is 473 Å². The summed E-state index contributed by atoms with van der Waals surface area (Å²) in [6.45, 7) is 4.30. The van der Waals surface area contributed by atoms with Gasteiger partial charge in [-0.15, -0.1) is 0 Å². The van der Waals surface area contributed by atoms with Crippen molar-refractivity contribution < 1.29 is 49.3 Å². The monoisotopic (exact) mass is 1090 g/mol. The third kappa shape index (κ3) is 45.2. The van der Waals surface area contributed by atoms with E-state index in [0.29, 0.717) is 19.4 Å². The van der Waals surface area contributed by atoms with Gasteiger partial charge in [-0.05, 0) is 64.2 Å². The summed E-state index contributed by atoms with van der Waals surface area (Å²) in [5.74, 6) is -0.190. The quantitative estimate of drug-likeness (QED) is 0.0195. The van der Waals surface area contributed by atoms with Crippen molar-refractivity contribution in [2.75, 3.05) is 19.8 Å². The molecule has 1 heterocycles. The van der Waals surface area contributed by atoms with Crippen LogP contribution in [0.2, 0.25) is 0 Å². The molecular formula is C66H123NO10. The predicted molar refractivity (Wildman–Crippen MR) is 320 cm³/mol. The molecule has 7 atom stereocenters. The van der Waals surface area contributed by atoms with Crippen molar-refractivity contribution in [2.45, 2.75) is 352 Å². The molecule has 1 aliphatic heterocycles. The number of carbonyl (C=O) groups is 2. The molecule has 77 heavy (non-hydrogen) atoms. The number of hydrogen-bond donors (Lipinski definition) is 6. The molecule has 0 aromatic rings. The number of ether oxygens (including phenoxy) is 3. The van der Waals surface area contributed by atoms with Crippen LogP contribution in [0.3, 0.4) is 0 Å². The topological polar surface area (TPSA) is 175 Å². The minimum absolute atomic E-state index is 0.00824. The number of aliphatic hydroxyl groups excluding tert-OH is 5. The zero-order valence-corrected chi connectivity index (χ0v) is 49.9. The number of unbranched alkanes of at least 4 members (excludes halogenated alkanes) is 39. The van der Waals surface area contributed by atoms with Crippen molar-refractivity contribution in [2.24, 2.45) is 0 Å². The SMILES string of the molecule is CCCCC/C=C\C/C=C\CCCCCCCC(=O)OCCCCCCCCCCCCCCCCCCCCCCCCCCCC(=O)NC(COC1OC(CO)C(O)C(O)C1O)C(O)/C=C/CCCCCCCCC. The zero-order chi connectivity index (χ0) is 55.9. The van der Waals surface area contributed by atoms with E-state index in [1.165, 1.54) is 218 Å². The number of esters is 1. The first kappa shape index (κ1) is 72.9.